The highest BCUT2D eigenvalue weighted by Gasteiger charge is 2.46. The van der Waals surface area contributed by atoms with E-state index in [1.165, 1.54) is 7.11 Å². The molecule has 0 spiro atoms. The van der Waals surface area contributed by atoms with Crippen molar-refractivity contribution >= 4 is 0 Å². The average Bonchev–Trinajstić information content (AvgIpc) is 2.28. The van der Waals surface area contributed by atoms with Crippen molar-refractivity contribution in [2.75, 3.05) is 35.0 Å². The third-order valence-corrected chi connectivity index (χ3v) is 2.76. The second-order valence-electron chi connectivity index (χ2n) is 3.62. The molecule has 5 atom stereocenters. The normalized spacial score (nSPS) is 39.9. The van der Waals surface area contributed by atoms with Gasteiger partial charge in [0.25, 0.3) is 0 Å². The molecule has 0 aromatic carbocycles. The topological polar surface area (TPSA) is 66.4 Å². The number of hydrogen-bond donors (Lipinski definition) is 1. The number of methoxy groups -OCH3 is 4. The summed E-state index contributed by atoms with van der Waals surface area (Å²) in [6, 6.07) is 0. The SMILES string of the molecule is COC[C@H]1OC(O)[C@H](OC)[C@@H](OC)[C@@H]1OC.[HH]. The van der Waals surface area contributed by atoms with Crippen LogP contribution in [0.25, 0.3) is 0 Å². The molecule has 0 saturated carbocycles. The molecular formula is C10H22O6. The summed E-state index contributed by atoms with van der Waals surface area (Å²) < 4.78 is 26.1. The molecule has 0 radical (unpaired) electrons. The van der Waals surface area contributed by atoms with E-state index in [9.17, 15) is 5.11 Å². The highest BCUT2D eigenvalue weighted by molar-refractivity contribution is 4.91. The number of ether oxygens (including phenoxy) is 5. The molecule has 1 aliphatic heterocycles. The lowest BCUT2D eigenvalue weighted by atomic mass is 9.98. The zero-order valence-electron chi connectivity index (χ0n) is 10.1. The molecular weight excluding hydrogens is 216 g/mol. The van der Waals surface area contributed by atoms with Gasteiger partial charge in [-0.15, -0.1) is 0 Å². The minimum atomic E-state index is -1.04. The maximum Gasteiger partial charge on any atom is 0.184 e. The van der Waals surface area contributed by atoms with Crippen LogP contribution in [0.2, 0.25) is 0 Å². The zero-order chi connectivity index (χ0) is 12.1. The molecule has 0 bridgehead atoms. The van der Waals surface area contributed by atoms with Gasteiger partial charge in [-0.1, -0.05) is 0 Å². The van der Waals surface area contributed by atoms with E-state index in [-0.39, 0.29) is 19.7 Å². The summed E-state index contributed by atoms with van der Waals surface area (Å²) in [7, 11) is 6.16. The first kappa shape index (κ1) is 13.8. The Bertz CT molecular complexity index is 205. The van der Waals surface area contributed by atoms with E-state index in [4.69, 9.17) is 23.7 Å². The van der Waals surface area contributed by atoms with Crippen LogP contribution in [0.5, 0.6) is 0 Å². The molecule has 1 fully saturated rings. The second kappa shape index (κ2) is 6.48. The largest absolute Gasteiger partial charge is 0.382 e. The predicted octanol–water partition coefficient (Wildman–Crippen LogP) is -0.359. The van der Waals surface area contributed by atoms with Crippen molar-refractivity contribution in [1.29, 1.82) is 0 Å². The van der Waals surface area contributed by atoms with Crippen molar-refractivity contribution in [1.82, 2.24) is 0 Å². The lowest BCUT2D eigenvalue weighted by molar-refractivity contribution is -0.300. The Morgan fingerprint density at radius 2 is 1.56 bits per heavy atom. The van der Waals surface area contributed by atoms with E-state index in [0.29, 0.717) is 6.61 Å². The van der Waals surface area contributed by atoms with Gasteiger partial charge < -0.3 is 28.8 Å². The number of aliphatic hydroxyl groups is 1. The van der Waals surface area contributed by atoms with Crippen LogP contribution < -0.4 is 0 Å². The summed E-state index contributed by atoms with van der Waals surface area (Å²) in [5.74, 6) is 0. The van der Waals surface area contributed by atoms with Crippen LogP contribution in [0.1, 0.15) is 1.43 Å². The third kappa shape index (κ3) is 2.71. The minimum Gasteiger partial charge on any atom is -0.382 e. The minimum absolute atomic E-state index is 0. The Hall–Kier alpha value is -0.240. The molecule has 0 aromatic rings. The van der Waals surface area contributed by atoms with Gasteiger partial charge in [0.2, 0.25) is 0 Å². The predicted molar refractivity (Wildman–Crippen MR) is 57.3 cm³/mol. The molecule has 6 heteroatoms. The number of rotatable bonds is 5. The molecule has 1 heterocycles. The maximum atomic E-state index is 9.74. The van der Waals surface area contributed by atoms with E-state index in [1.807, 2.05) is 0 Å². The molecule has 1 aliphatic rings. The van der Waals surface area contributed by atoms with E-state index < -0.39 is 12.4 Å². The maximum absolute atomic E-state index is 9.74. The Balaban J connectivity index is 0.00000256. The van der Waals surface area contributed by atoms with Crippen LogP contribution in [-0.2, 0) is 23.7 Å². The van der Waals surface area contributed by atoms with Crippen molar-refractivity contribution in [3.63, 3.8) is 0 Å². The van der Waals surface area contributed by atoms with Crippen molar-refractivity contribution in [2.24, 2.45) is 0 Å². The van der Waals surface area contributed by atoms with Crippen LogP contribution >= 0.6 is 0 Å². The first-order valence-corrected chi connectivity index (χ1v) is 5.10. The summed E-state index contributed by atoms with van der Waals surface area (Å²) in [5.41, 5.74) is 0. The molecule has 1 N–H and O–H groups in total. The number of aliphatic hydroxyl groups excluding tert-OH is 1. The van der Waals surface area contributed by atoms with E-state index in [2.05, 4.69) is 0 Å². The number of hydrogen-bond acceptors (Lipinski definition) is 6. The molecule has 1 saturated heterocycles. The summed E-state index contributed by atoms with van der Waals surface area (Å²) in [5, 5.41) is 9.74. The van der Waals surface area contributed by atoms with E-state index in [1.54, 1.807) is 21.3 Å². The van der Waals surface area contributed by atoms with E-state index in [0.717, 1.165) is 0 Å². The fourth-order valence-corrected chi connectivity index (χ4v) is 2.00. The van der Waals surface area contributed by atoms with Gasteiger partial charge in [-0.2, -0.15) is 0 Å². The molecule has 98 valence electrons. The van der Waals surface area contributed by atoms with Gasteiger partial charge in [-0.3, -0.25) is 0 Å². The van der Waals surface area contributed by atoms with Crippen LogP contribution in [0, 0.1) is 0 Å². The highest BCUT2D eigenvalue weighted by Crippen LogP contribution is 2.25. The third-order valence-electron chi connectivity index (χ3n) is 2.76. The molecule has 0 aliphatic carbocycles. The smallest absolute Gasteiger partial charge is 0.184 e. The standard InChI is InChI=1S/C10H20O6.H2/c1-12-5-6-7(13-2)8(14-3)9(15-4)10(11)16-6;/h6-11H,5H2,1-4H3;1H/t6-,7-,8+,9-,10?;/m1./s1. The van der Waals surface area contributed by atoms with Gasteiger partial charge in [0.15, 0.2) is 6.29 Å². The lowest BCUT2D eigenvalue weighted by Gasteiger charge is -2.42. The van der Waals surface area contributed by atoms with Crippen LogP contribution in [0.4, 0.5) is 0 Å². The molecule has 1 rings (SSSR count). The zero-order valence-corrected chi connectivity index (χ0v) is 10.1. The fourth-order valence-electron chi connectivity index (χ4n) is 2.00. The van der Waals surface area contributed by atoms with Crippen LogP contribution in [-0.4, -0.2) is 70.9 Å². The molecule has 16 heavy (non-hydrogen) atoms. The van der Waals surface area contributed by atoms with E-state index >= 15 is 0 Å². The summed E-state index contributed by atoms with van der Waals surface area (Å²) >= 11 is 0. The van der Waals surface area contributed by atoms with Gasteiger partial charge in [-0.05, 0) is 0 Å². The van der Waals surface area contributed by atoms with Crippen molar-refractivity contribution in [2.45, 2.75) is 30.7 Å². The average molecular weight is 238 g/mol. The highest BCUT2D eigenvalue weighted by atomic mass is 16.7. The first-order valence-electron chi connectivity index (χ1n) is 5.10. The Labute approximate surface area is 96.9 Å². The van der Waals surface area contributed by atoms with Crippen molar-refractivity contribution < 1.29 is 30.2 Å². The molecule has 6 nitrogen and oxygen atoms in total. The Kier molecular flexibility index (Phi) is 5.60. The second-order valence-corrected chi connectivity index (χ2v) is 3.62. The van der Waals surface area contributed by atoms with Crippen molar-refractivity contribution in [3.05, 3.63) is 0 Å². The van der Waals surface area contributed by atoms with Crippen LogP contribution in [0.3, 0.4) is 0 Å². The fraction of sp³-hybridized carbons (Fsp3) is 1.00. The Morgan fingerprint density at radius 3 is 2.00 bits per heavy atom. The quantitative estimate of drug-likeness (QED) is 0.705. The summed E-state index contributed by atoms with van der Waals surface area (Å²) in [4.78, 5) is 0. The van der Waals surface area contributed by atoms with Gasteiger partial charge in [0, 0.05) is 29.9 Å². The van der Waals surface area contributed by atoms with Gasteiger partial charge in [0.05, 0.1) is 6.61 Å². The lowest BCUT2D eigenvalue weighted by Crippen LogP contribution is -2.60. The van der Waals surface area contributed by atoms with Gasteiger partial charge in [0.1, 0.15) is 24.4 Å². The van der Waals surface area contributed by atoms with Gasteiger partial charge >= 0.3 is 0 Å². The summed E-state index contributed by atoms with van der Waals surface area (Å²) in [6.07, 6.45) is -2.71. The van der Waals surface area contributed by atoms with Crippen LogP contribution in [0.15, 0.2) is 0 Å². The summed E-state index contributed by atoms with van der Waals surface area (Å²) in [6.45, 7) is 0.325. The molecule has 1 unspecified atom stereocenters. The molecule has 0 aromatic heterocycles. The Morgan fingerprint density at radius 1 is 1.00 bits per heavy atom. The monoisotopic (exact) mass is 238 g/mol. The van der Waals surface area contributed by atoms with Gasteiger partial charge in [-0.25, -0.2) is 0 Å². The van der Waals surface area contributed by atoms with Crippen molar-refractivity contribution in [3.8, 4) is 0 Å². The first-order chi connectivity index (χ1) is 7.69. The molecule has 0 amide bonds.